The fourth-order valence-corrected chi connectivity index (χ4v) is 4.44. The Hall–Kier alpha value is -4.31. The van der Waals surface area contributed by atoms with Crippen LogP contribution in [0.3, 0.4) is 0 Å². The first-order valence-electron chi connectivity index (χ1n) is 10.9. The van der Waals surface area contributed by atoms with Gasteiger partial charge in [-0.05, 0) is 42.8 Å². The van der Waals surface area contributed by atoms with E-state index in [0.29, 0.717) is 0 Å². The van der Waals surface area contributed by atoms with Crippen LogP contribution in [-0.4, -0.2) is 4.98 Å². The molecule has 0 unspecified atom stereocenters. The normalized spacial score (nSPS) is 11.3. The van der Waals surface area contributed by atoms with Crippen LogP contribution in [0.15, 0.2) is 103 Å². The molecule has 6 aromatic rings. The first kappa shape index (κ1) is 19.4. The maximum absolute atomic E-state index is 13.5. The van der Waals surface area contributed by atoms with Gasteiger partial charge in [0.2, 0.25) is 16.7 Å². The van der Waals surface area contributed by atoms with E-state index in [1.807, 2.05) is 18.2 Å². The molecule has 3 nitrogen and oxygen atoms in total. The topological polar surface area (TPSA) is 28.8 Å². The highest BCUT2D eigenvalue weighted by molar-refractivity contribution is 6.11. The Morgan fingerprint density at radius 2 is 1.45 bits per heavy atom. The molecule has 5 aromatic carbocycles. The lowest BCUT2D eigenvalue weighted by Gasteiger charge is -2.13. The van der Waals surface area contributed by atoms with Crippen LogP contribution < -0.4 is 9.88 Å². The van der Waals surface area contributed by atoms with Crippen molar-refractivity contribution in [3.8, 4) is 5.69 Å². The van der Waals surface area contributed by atoms with E-state index < -0.39 is 0 Å². The zero-order valence-corrected chi connectivity index (χ0v) is 18.1. The highest BCUT2D eigenvalue weighted by Crippen LogP contribution is 2.33. The second-order valence-corrected chi connectivity index (χ2v) is 8.24. The Kier molecular flexibility index (Phi) is 4.51. The van der Waals surface area contributed by atoms with E-state index in [9.17, 15) is 4.39 Å². The van der Waals surface area contributed by atoms with Gasteiger partial charge in [-0.2, -0.15) is 0 Å². The van der Waals surface area contributed by atoms with E-state index in [2.05, 4.69) is 77.5 Å². The van der Waals surface area contributed by atoms with Gasteiger partial charge in [0.05, 0.1) is 5.69 Å². The van der Waals surface area contributed by atoms with Crippen molar-refractivity contribution in [3.05, 3.63) is 115 Å². The predicted octanol–water partition coefficient (Wildman–Crippen LogP) is 7.01. The van der Waals surface area contributed by atoms with Crippen molar-refractivity contribution < 1.29 is 8.96 Å². The van der Waals surface area contributed by atoms with Crippen LogP contribution in [0.25, 0.3) is 38.5 Å². The molecule has 4 heteroatoms. The molecule has 1 heterocycles. The van der Waals surface area contributed by atoms with Crippen LogP contribution in [0.1, 0.15) is 5.56 Å². The van der Waals surface area contributed by atoms with Gasteiger partial charge in [-0.3, -0.25) is 0 Å². The average molecular weight is 431 g/mol. The third kappa shape index (κ3) is 3.37. The summed E-state index contributed by atoms with van der Waals surface area (Å²) in [5, 5.41) is 5.62. The Labute approximate surface area is 190 Å². The van der Waals surface area contributed by atoms with E-state index in [0.717, 1.165) is 49.9 Å². The van der Waals surface area contributed by atoms with Crippen LogP contribution in [0.4, 0.5) is 15.8 Å². The second kappa shape index (κ2) is 7.68. The van der Waals surface area contributed by atoms with Crippen molar-refractivity contribution in [2.75, 3.05) is 5.32 Å². The molecule has 0 aliphatic heterocycles. The average Bonchev–Trinajstić information content (AvgIpc) is 2.85. The molecular weight excluding hydrogens is 409 g/mol. The molecule has 0 amide bonds. The summed E-state index contributed by atoms with van der Waals surface area (Å²) in [6.07, 6.45) is 0. The maximum atomic E-state index is 13.5. The molecular formula is C29H21FN3+. The van der Waals surface area contributed by atoms with Gasteiger partial charge >= 0.3 is 0 Å². The number of halogens is 1. The summed E-state index contributed by atoms with van der Waals surface area (Å²) in [6, 6.07) is 33.6. The minimum Gasteiger partial charge on any atom is -0.355 e. The molecule has 0 aliphatic carbocycles. The minimum atomic E-state index is -0.253. The van der Waals surface area contributed by atoms with Crippen molar-refractivity contribution in [2.24, 2.45) is 0 Å². The van der Waals surface area contributed by atoms with Gasteiger partial charge in [0.25, 0.3) is 0 Å². The standard InChI is InChI=1S/C29H20FN3/c1-19-11-16-25-27(17-19)33(22-7-3-2-4-8-22)28-18-26(31-21-14-12-20(30)13-15-21)23-9-5-6-10-24(23)29(28)32-25/h2-18H,1H3/p+1. The summed E-state index contributed by atoms with van der Waals surface area (Å²) in [5.41, 5.74) is 7.97. The molecule has 0 spiro atoms. The van der Waals surface area contributed by atoms with Crippen LogP contribution >= 0.6 is 0 Å². The van der Waals surface area contributed by atoms with Gasteiger partial charge in [0.15, 0.2) is 0 Å². The molecule has 0 fully saturated rings. The molecule has 6 rings (SSSR count). The molecule has 0 saturated heterocycles. The van der Waals surface area contributed by atoms with E-state index in [4.69, 9.17) is 4.98 Å². The van der Waals surface area contributed by atoms with Crippen LogP contribution in [-0.2, 0) is 0 Å². The largest absolute Gasteiger partial charge is 0.355 e. The number of hydrogen-bond donors (Lipinski definition) is 1. The Morgan fingerprint density at radius 3 is 2.24 bits per heavy atom. The summed E-state index contributed by atoms with van der Waals surface area (Å²) in [7, 11) is 0. The van der Waals surface area contributed by atoms with Crippen molar-refractivity contribution in [3.63, 3.8) is 0 Å². The number of hydrogen-bond acceptors (Lipinski definition) is 2. The van der Waals surface area contributed by atoms with Gasteiger partial charge in [-0.15, -0.1) is 4.57 Å². The van der Waals surface area contributed by atoms with Gasteiger partial charge < -0.3 is 5.32 Å². The highest BCUT2D eigenvalue weighted by Gasteiger charge is 2.22. The Bertz CT molecular complexity index is 1640. The molecule has 1 N–H and O–H groups in total. The van der Waals surface area contributed by atoms with Gasteiger partial charge in [0.1, 0.15) is 16.9 Å². The number of anilines is 2. The second-order valence-electron chi connectivity index (χ2n) is 8.24. The van der Waals surface area contributed by atoms with Crippen molar-refractivity contribution in [2.45, 2.75) is 6.92 Å². The Morgan fingerprint density at radius 1 is 0.727 bits per heavy atom. The first-order valence-corrected chi connectivity index (χ1v) is 10.9. The first-order chi connectivity index (χ1) is 16.2. The van der Waals surface area contributed by atoms with Crippen molar-refractivity contribution in [1.82, 2.24) is 4.98 Å². The fraction of sp³-hybridized carbons (Fsp3) is 0.0345. The summed E-state index contributed by atoms with van der Waals surface area (Å²) >= 11 is 0. The number of nitrogens with zero attached hydrogens (tertiary/aromatic N) is 2. The number of aryl methyl sites for hydroxylation is 1. The predicted molar refractivity (Wildman–Crippen MR) is 133 cm³/mol. The van der Waals surface area contributed by atoms with Crippen LogP contribution in [0.2, 0.25) is 0 Å². The van der Waals surface area contributed by atoms with Crippen molar-refractivity contribution in [1.29, 1.82) is 0 Å². The maximum Gasteiger partial charge on any atom is 0.240 e. The number of aromatic nitrogens is 2. The fourth-order valence-electron chi connectivity index (χ4n) is 4.44. The molecule has 0 aliphatic rings. The number of para-hydroxylation sites is 1. The molecule has 1 aromatic heterocycles. The lowest BCUT2D eigenvalue weighted by Crippen LogP contribution is -2.33. The minimum absolute atomic E-state index is 0.253. The van der Waals surface area contributed by atoms with E-state index in [1.54, 1.807) is 12.1 Å². The number of fused-ring (bicyclic) bond motifs is 4. The monoisotopic (exact) mass is 430 g/mol. The molecule has 158 valence electrons. The summed E-state index contributed by atoms with van der Waals surface area (Å²) in [5.74, 6) is -0.253. The SMILES string of the molecule is Cc1ccc2nc3c4ccccc4c(Nc4ccc(F)cc4)cc3[n+](-c3ccccc3)c2c1. The quantitative estimate of drug-likeness (QED) is 0.186. The van der Waals surface area contributed by atoms with Crippen molar-refractivity contribution >= 4 is 44.2 Å². The van der Waals surface area contributed by atoms with E-state index in [-0.39, 0.29) is 5.82 Å². The highest BCUT2D eigenvalue weighted by atomic mass is 19.1. The van der Waals surface area contributed by atoms with Crippen LogP contribution in [0, 0.1) is 12.7 Å². The zero-order chi connectivity index (χ0) is 22.4. The van der Waals surface area contributed by atoms with E-state index in [1.165, 1.54) is 17.7 Å². The number of benzene rings is 5. The third-order valence-corrected chi connectivity index (χ3v) is 5.98. The smallest absolute Gasteiger partial charge is 0.240 e. The Balaban J connectivity index is 1.74. The van der Waals surface area contributed by atoms with Gasteiger partial charge in [-0.1, -0.05) is 48.5 Å². The summed E-state index contributed by atoms with van der Waals surface area (Å²) in [6.45, 7) is 2.10. The third-order valence-electron chi connectivity index (χ3n) is 5.98. The molecule has 0 atom stereocenters. The number of rotatable bonds is 3. The van der Waals surface area contributed by atoms with Gasteiger partial charge in [0, 0.05) is 40.7 Å². The lowest BCUT2D eigenvalue weighted by atomic mass is 10.0. The summed E-state index contributed by atoms with van der Waals surface area (Å²) < 4.78 is 15.7. The molecule has 33 heavy (non-hydrogen) atoms. The molecule has 0 bridgehead atoms. The lowest BCUT2D eigenvalue weighted by molar-refractivity contribution is -0.538. The molecule has 0 radical (unpaired) electrons. The number of nitrogens with one attached hydrogen (secondary N) is 1. The van der Waals surface area contributed by atoms with E-state index >= 15 is 0 Å². The van der Waals surface area contributed by atoms with Crippen LogP contribution in [0.5, 0.6) is 0 Å². The van der Waals surface area contributed by atoms with Gasteiger partial charge in [-0.25, -0.2) is 9.37 Å². The zero-order valence-electron chi connectivity index (χ0n) is 18.1. The summed E-state index contributed by atoms with van der Waals surface area (Å²) in [4.78, 5) is 5.09. The molecule has 0 saturated carbocycles.